The maximum absolute atomic E-state index is 12.6. The molecule has 2 aliphatic rings. The summed E-state index contributed by atoms with van der Waals surface area (Å²) in [5.74, 6) is 0.0949. The van der Waals surface area contributed by atoms with Crippen LogP contribution in [0.1, 0.15) is 43.2 Å². The van der Waals surface area contributed by atoms with Crippen molar-refractivity contribution in [2.24, 2.45) is 0 Å². The van der Waals surface area contributed by atoms with Crippen LogP contribution in [0.3, 0.4) is 0 Å². The van der Waals surface area contributed by atoms with Crippen molar-refractivity contribution in [1.82, 2.24) is 4.90 Å². The van der Waals surface area contributed by atoms with Gasteiger partial charge in [0.2, 0.25) is 0 Å². The van der Waals surface area contributed by atoms with Gasteiger partial charge in [-0.2, -0.15) is 0 Å². The molecule has 0 atom stereocenters. The van der Waals surface area contributed by atoms with Crippen LogP contribution in [0, 0.1) is 6.92 Å². The first kappa shape index (κ1) is 14.8. The van der Waals surface area contributed by atoms with Crippen molar-refractivity contribution >= 4 is 40.3 Å². The van der Waals surface area contributed by atoms with E-state index in [-0.39, 0.29) is 5.91 Å². The molecule has 1 aliphatic heterocycles. The topological polar surface area (TPSA) is 20.3 Å². The third kappa shape index (κ3) is 3.22. The van der Waals surface area contributed by atoms with Crippen LogP contribution in [0.4, 0.5) is 0 Å². The lowest BCUT2D eigenvalue weighted by Crippen LogP contribution is -2.39. The number of carbonyl (C=O) groups excluding carboxylic acids is 1. The minimum atomic E-state index is 0.0949. The normalized spacial score (nSPS) is 22.3. The highest BCUT2D eigenvalue weighted by Crippen LogP contribution is 2.37. The van der Waals surface area contributed by atoms with Gasteiger partial charge in [-0.3, -0.25) is 9.69 Å². The van der Waals surface area contributed by atoms with Crippen LogP contribution in [0.15, 0.2) is 29.2 Å². The van der Waals surface area contributed by atoms with Crippen LogP contribution in [0.5, 0.6) is 0 Å². The first-order valence-electron chi connectivity index (χ1n) is 7.49. The number of thioether (sulfide) groups is 1. The molecule has 0 aromatic heterocycles. The molecule has 0 unspecified atom stereocenters. The Kier molecular flexibility index (Phi) is 4.45. The standard InChI is InChI=1S/C17H19NOS2/c1-12-7-9-13(10-8-12)11-15-16(19)18(17(20)21-15)14-5-3-2-4-6-14/h7-11,14H,2-6H2,1H3/b15-11+. The van der Waals surface area contributed by atoms with Crippen molar-refractivity contribution in [3.63, 3.8) is 0 Å². The third-order valence-corrected chi connectivity index (χ3v) is 5.47. The molecule has 1 aromatic rings. The van der Waals surface area contributed by atoms with Crippen molar-refractivity contribution in [3.8, 4) is 0 Å². The zero-order chi connectivity index (χ0) is 14.8. The summed E-state index contributed by atoms with van der Waals surface area (Å²) in [6, 6.07) is 8.53. The molecule has 1 aliphatic carbocycles. The van der Waals surface area contributed by atoms with E-state index in [9.17, 15) is 4.79 Å². The van der Waals surface area contributed by atoms with Crippen LogP contribution in [0.25, 0.3) is 6.08 Å². The second-order valence-corrected chi connectivity index (χ2v) is 7.43. The van der Waals surface area contributed by atoms with Gasteiger partial charge in [-0.05, 0) is 31.4 Å². The summed E-state index contributed by atoms with van der Waals surface area (Å²) in [6.45, 7) is 2.06. The van der Waals surface area contributed by atoms with Gasteiger partial charge in [-0.1, -0.05) is 73.1 Å². The molecular formula is C17H19NOS2. The van der Waals surface area contributed by atoms with Crippen molar-refractivity contribution in [2.75, 3.05) is 0 Å². The van der Waals surface area contributed by atoms with E-state index in [0.29, 0.717) is 6.04 Å². The van der Waals surface area contributed by atoms with Crippen molar-refractivity contribution in [1.29, 1.82) is 0 Å². The Morgan fingerprint density at radius 1 is 1.19 bits per heavy atom. The van der Waals surface area contributed by atoms with Crippen LogP contribution in [-0.4, -0.2) is 21.2 Å². The molecule has 110 valence electrons. The van der Waals surface area contributed by atoms with Gasteiger partial charge < -0.3 is 0 Å². The van der Waals surface area contributed by atoms with Gasteiger partial charge in [-0.15, -0.1) is 0 Å². The molecule has 1 saturated carbocycles. The monoisotopic (exact) mass is 317 g/mol. The lowest BCUT2D eigenvalue weighted by molar-refractivity contribution is -0.124. The highest BCUT2D eigenvalue weighted by Gasteiger charge is 2.37. The van der Waals surface area contributed by atoms with Gasteiger partial charge in [0, 0.05) is 6.04 Å². The predicted octanol–water partition coefficient (Wildman–Crippen LogP) is 4.53. The molecule has 1 heterocycles. The Bertz CT molecular complexity index is 585. The minimum absolute atomic E-state index is 0.0949. The van der Waals surface area contributed by atoms with E-state index in [1.807, 2.05) is 23.1 Å². The van der Waals surface area contributed by atoms with Crippen LogP contribution in [0.2, 0.25) is 0 Å². The van der Waals surface area contributed by atoms with Gasteiger partial charge in [0.1, 0.15) is 4.32 Å². The van der Waals surface area contributed by atoms with E-state index in [2.05, 4.69) is 19.1 Å². The second kappa shape index (κ2) is 6.32. The van der Waals surface area contributed by atoms with E-state index in [0.717, 1.165) is 27.6 Å². The zero-order valence-corrected chi connectivity index (χ0v) is 13.8. The highest BCUT2D eigenvalue weighted by atomic mass is 32.2. The van der Waals surface area contributed by atoms with Crippen molar-refractivity contribution in [2.45, 2.75) is 45.1 Å². The van der Waals surface area contributed by atoms with E-state index < -0.39 is 0 Å². The van der Waals surface area contributed by atoms with Gasteiger partial charge in [0.25, 0.3) is 5.91 Å². The fraction of sp³-hybridized carbons (Fsp3) is 0.412. The third-order valence-electron chi connectivity index (χ3n) is 4.14. The Balaban J connectivity index is 1.80. The molecule has 2 nitrogen and oxygen atoms in total. The van der Waals surface area contributed by atoms with E-state index in [4.69, 9.17) is 12.2 Å². The summed E-state index contributed by atoms with van der Waals surface area (Å²) in [5, 5.41) is 0. The lowest BCUT2D eigenvalue weighted by Gasteiger charge is -2.29. The summed E-state index contributed by atoms with van der Waals surface area (Å²) < 4.78 is 0.727. The summed E-state index contributed by atoms with van der Waals surface area (Å²) in [4.78, 5) is 15.3. The molecule has 0 bridgehead atoms. The molecule has 1 amide bonds. The van der Waals surface area contributed by atoms with Crippen LogP contribution in [-0.2, 0) is 4.79 Å². The van der Waals surface area contributed by atoms with Crippen molar-refractivity contribution < 1.29 is 4.79 Å². The molecule has 1 aromatic carbocycles. The Morgan fingerprint density at radius 3 is 2.52 bits per heavy atom. The van der Waals surface area contributed by atoms with Crippen LogP contribution >= 0.6 is 24.0 Å². The maximum atomic E-state index is 12.6. The summed E-state index contributed by atoms with van der Waals surface area (Å²) in [5.41, 5.74) is 2.28. The molecule has 0 radical (unpaired) electrons. The molecule has 0 N–H and O–H groups in total. The number of hydrogen-bond acceptors (Lipinski definition) is 3. The zero-order valence-electron chi connectivity index (χ0n) is 12.2. The van der Waals surface area contributed by atoms with Gasteiger partial charge >= 0.3 is 0 Å². The minimum Gasteiger partial charge on any atom is -0.290 e. The number of amides is 1. The van der Waals surface area contributed by atoms with E-state index >= 15 is 0 Å². The molecule has 0 spiro atoms. The Hall–Kier alpha value is -1.13. The number of carbonyl (C=O) groups is 1. The lowest BCUT2D eigenvalue weighted by atomic mass is 9.94. The van der Waals surface area contributed by atoms with E-state index in [1.54, 1.807) is 0 Å². The first-order valence-corrected chi connectivity index (χ1v) is 8.71. The van der Waals surface area contributed by atoms with Gasteiger partial charge in [0.15, 0.2) is 0 Å². The SMILES string of the molecule is Cc1ccc(/C=C2/SC(=S)N(C3CCCCC3)C2=O)cc1. The molecule has 2 fully saturated rings. The number of rotatable bonds is 2. The predicted molar refractivity (Wildman–Crippen MR) is 93.1 cm³/mol. The molecule has 1 saturated heterocycles. The molecule has 3 rings (SSSR count). The molecular weight excluding hydrogens is 298 g/mol. The average Bonchev–Trinajstić information content (AvgIpc) is 2.77. The number of thiocarbonyl (C=S) groups is 1. The molecule has 21 heavy (non-hydrogen) atoms. The van der Waals surface area contributed by atoms with Crippen molar-refractivity contribution in [3.05, 3.63) is 40.3 Å². The average molecular weight is 317 g/mol. The number of hydrogen-bond donors (Lipinski definition) is 0. The largest absolute Gasteiger partial charge is 0.290 e. The smallest absolute Gasteiger partial charge is 0.266 e. The van der Waals surface area contributed by atoms with Crippen LogP contribution < -0.4 is 0 Å². The second-order valence-electron chi connectivity index (χ2n) is 5.75. The molecule has 4 heteroatoms. The highest BCUT2D eigenvalue weighted by molar-refractivity contribution is 8.26. The number of aryl methyl sites for hydroxylation is 1. The van der Waals surface area contributed by atoms with Gasteiger partial charge in [0.05, 0.1) is 4.91 Å². The Morgan fingerprint density at radius 2 is 1.86 bits per heavy atom. The quantitative estimate of drug-likeness (QED) is 0.590. The van der Waals surface area contributed by atoms with E-state index in [1.165, 1.54) is 36.6 Å². The number of benzene rings is 1. The summed E-state index contributed by atoms with van der Waals surface area (Å²) in [7, 11) is 0. The fourth-order valence-electron chi connectivity index (χ4n) is 2.95. The Labute approximate surface area is 135 Å². The number of nitrogens with zero attached hydrogens (tertiary/aromatic N) is 1. The van der Waals surface area contributed by atoms with Gasteiger partial charge in [-0.25, -0.2) is 0 Å². The fourth-order valence-corrected chi connectivity index (χ4v) is 4.35. The first-order chi connectivity index (χ1) is 10.1. The summed E-state index contributed by atoms with van der Waals surface area (Å²) in [6.07, 6.45) is 7.83. The maximum Gasteiger partial charge on any atom is 0.266 e. The summed E-state index contributed by atoms with van der Waals surface area (Å²) >= 11 is 6.88.